The molecule has 3 atom stereocenters. The molecule has 0 radical (unpaired) electrons. The Morgan fingerprint density at radius 1 is 1.12 bits per heavy atom. The molecule has 2 heterocycles. The van der Waals surface area contributed by atoms with Gasteiger partial charge < -0.3 is 14.9 Å². The van der Waals surface area contributed by atoms with E-state index in [1.165, 1.54) is 17.3 Å². The number of carbonyl (C=O) groups is 1. The number of hydrogen-bond donors (Lipinski definition) is 1. The molecule has 0 saturated carbocycles. The molecule has 1 unspecified atom stereocenters. The highest BCUT2D eigenvalue weighted by molar-refractivity contribution is 7.89. The van der Waals surface area contributed by atoms with E-state index in [-0.39, 0.29) is 31.1 Å². The van der Waals surface area contributed by atoms with Crippen molar-refractivity contribution in [2.75, 3.05) is 31.1 Å². The Balaban J connectivity index is 1.53. The largest absolute Gasteiger partial charge is 0.394 e. The van der Waals surface area contributed by atoms with Crippen molar-refractivity contribution in [3.8, 4) is 0 Å². The molecule has 2 saturated heterocycles. The maximum atomic E-state index is 15.2. The highest BCUT2D eigenvalue weighted by Gasteiger charge is 2.40. The molecule has 4 rings (SSSR count). The van der Waals surface area contributed by atoms with Crippen molar-refractivity contribution in [1.82, 2.24) is 9.21 Å². The second-order valence-corrected chi connectivity index (χ2v) is 11.3. The van der Waals surface area contributed by atoms with Crippen molar-refractivity contribution in [3.05, 3.63) is 65.5 Å². The van der Waals surface area contributed by atoms with Crippen LogP contribution in [0.4, 0.5) is 10.1 Å². The zero-order valence-corrected chi connectivity index (χ0v) is 20.4. The molecule has 1 amide bonds. The first-order chi connectivity index (χ1) is 16.2. The van der Waals surface area contributed by atoms with Crippen molar-refractivity contribution in [2.24, 2.45) is 0 Å². The van der Waals surface area contributed by atoms with Gasteiger partial charge in [0.2, 0.25) is 15.9 Å². The van der Waals surface area contributed by atoms with Crippen LogP contribution in [0.2, 0.25) is 0 Å². The molecule has 184 valence electrons. The predicted molar refractivity (Wildman–Crippen MR) is 129 cm³/mol. The number of nitrogens with zero attached hydrogens (tertiary/aromatic N) is 3. The molecule has 2 aliphatic rings. The van der Waals surface area contributed by atoms with Gasteiger partial charge in [-0.25, -0.2) is 12.8 Å². The van der Waals surface area contributed by atoms with Gasteiger partial charge in [0.05, 0.1) is 12.6 Å². The third-order valence-electron chi connectivity index (χ3n) is 7.02. The quantitative estimate of drug-likeness (QED) is 0.699. The first-order valence-electron chi connectivity index (χ1n) is 11.7. The van der Waals surface area contributed by atoms with Crippen LogP contribution in [0.5, 0.6) is 0 Å². The van der Waals surface area contributed by atoms with Crippen molar-refractivity contribution < 1.29 is 22.7 Å². The van der Waals surface area contributed by atoms with Gasteiger partial charge in [0, 0.05) is 50.4 Å². The third kappa shape index (κ3) is 4.82. The SMILES string of the molecule is CC(=O)N1CCN(c2ccc(CN3[C@@H](C)CCC(c4ccccc4)S3(=O)=O)c(F)c2)C[C@H]1CO. The maximum absolute atomic E-state index is 15.2. The summed E-state index contributed by atoms with van der Waals surface area (Å²) in [6.07, 6.45) is 1.26. The smallest absolute Gasteiger partial charge is 0.221 e. The number of piperazine rings is 1. The fraction of sp³-hybridized carbons (Fsp3) is 0.480. The molecule has 2 aromatic carbocycles. The summed E-state index contributed by atoms with van der Waals surface area (Å²) in [5, 5.41) is 9.05. The van der Waals surface area contributed by atoms with Crippen LogP contribution < -0.4 is 4.90 Å². The summed E-state index contributed by atoms with van der Waals surface area (Å²) in [5.41, 5.74) is 1.74. The fourth-order valence-electron chi connectivity index (χ4n) is 5.04. The van der Waals surface area contributed by atoms with Gasteiger partial charge in [0.15, 0.2) is 0 Å². The van der Waals surface area contributed by atoms with Crippen molar-refractivity contribution >= 4 is 21.6 Å². The van der Waals surface area contributed by atoms with Crippen molar-refractivity contribution in [2.45, 2.75) is 50.6 Å². The fourth-order valence-corrected chi connectivity index (χ4v) is 7.23. The van der Waals surface area contributed by atoms with Crippen LogP contribution in [0, 0.1) is 5.82 Å². The van der Waals surface area contributed by atoms with Gasteiger partial charge in [-0.05, 0) is 37.5 Å². The van der Waals surface area contributed by atoms with E-state index in [9.17, 15) is 18.3 Å². The lowest BCUT2D eigenvalue weighted by Gasteiger charge is -2.41. The van der Waals surface area contributed by atoms with E-state index in [2.05, 4.69) is 0 Å². The number of amides is 1. The summed E-state index contributed by atoms with van der Waals surface area (Å²) in [4.78, 5) is 15.3. The Morgan fingerprint density at radius 3 is 2.50 bits per heavy atom. The third-order valence-corrected chi connectivity index (χ3v) is 9.39. The summed E-state index contributed by atoms with van der Waals surface area (Å²) in [6.45, 7) is 4.56. The first-order valence-corrected chi connectivity index (χ1v) is 13.2. The molecule has 2 aliphatic heterocycles. The van der Waals surface area contributed by atoms with Crippen LogP contribution in [0.3, 0.4) is 0 Å². The van der Waals surface area contributed by atoms with E-state index >= 15 is 4.39 Å². The van der Waals surface area contributed by atoms with Crippen molar-refractivity contribution in [3.63, 3.8) is 0 Å². The summed E-state index contributed by atoms with van der Waals surface area (Å²) in [6, 6.07) is 13.5. The van der Waals surface area contributed by atoms with Gasteiger partial charge in [-0.3, -0.25) is 4.79 Å². The van der Waals surface area contributed by atoms with Crippen LogP contribution in [0.1, 0.15) is 43.1 Å². The normalized spacial score (nSPS) is 25.4. The topological polar surface area (TPSA) is 81.2 Å². The second kappa shape index (κ2) is 10.0. The Bertz CT molecular complexity index is 1130. The Morgan fingerprint density at radius 2 is 1.85 bits per heavy atom. The molecule has 7 nitrogen and oxygen atoms in total. The number of aliphatic hydroxyl groups excluding tert-OH is 1. The average Bonchev–Trinajstić information content (AvgIpc) is 2.82. The molecule has 0 spiro atoms. The molecule has 2 fully saturated rings. The lowest BCUT2D eigenvalue weighted by molar-refractivity contribution is -0.132. The molecule has 34 heavy (non-hydrogen) atoms. The molecule has 0 aromatic heterocycles. The lowest BCUT2D eigenvalue weighted by Crippen LogP contribution is -2.56. The molecule has 2 aromatic rings. The summed E-state index contributed by atoms with van der Waals surface area (Å²) < 4.78 is 43.5. The summed E-state index contributed by atoms with van der Waals surface area (Å²) in [7, 11) is -3.65. The highest BCUT2D eigenvalue weighted by Crippen LogP contribution is 2.38. The summed E-state index contributed by atoms with van der Waals surface area (Å²) in [5.74, 6) is -0.554. The van der Waals surface area contributed by atoms with E-state index < -0.39 is 21.1 Å². The van der Waals surface area contributed by atoms with Crippen LogP contribution >= 0.6 is 0 Å². The number of benzene rings is 2. The van der Waals surface area contributed by atoms with E-state index in [0.717, 1.165) is 5.56 Å². The highest BCUT2D eigenvalue weighted by atomic mass is 32.2. The van der Waals surface area contributed by atoms with Crippen LogP contribution in [0.25, 0.3) is 0 Å². The van der Waals surface area contributed by atoms with Gasteiger partial charge in [-0.15, -0.1) is 0 Å². The van der Waals surface area contributed by atoms with Crippen LogP contribution in [-0.2, 0) is 21.4 Å². The number of aliphatic hydroxyl groups is 1. The number of sulfonamides is 1. The van der Waals surface area contributed by atoms with E-state index in [1.54, 1.807) is 17.0 Å². The summed E-state index contributed by atoms with van der Waals surface area (Å²) >= 11 is 0. The van der Waals surface area contributed by atoms with Crippen LogP contribution in [0.15, 0.2) is 48.5 Å². The second-order valence-electron chi connectivity index (χ2n) is 9.19. The van der Waals surface area contributed by atoms with Gasteiger partial charge in [-0.2, -0.15) is 4.31 Å². The number of carbonyl (C=O) groups excluding carboxylic acids is 1. The maximum Gasteiger partial charge on any atom is 0.221 e. The molecular weight excluding hydrogens is 457 g/mol. The van der Waals surface area contributed by atoms with Gasteiger partial charge >= 0.3 is 0 Å². The Kier molecular flexibility index (Phi) is 7.25. The van der Waals surface area contributed by atoms with E-state index in [0.29, 0.717) is 43.7 Å². The molecule has 1 N–H and O–H groups in total. The minimum Gasteiger partial charge on any atom is -0.394 e. The lowest BCUT2D eigenvalue weighted by atomic mass is 10.0. The van der Waals surface area contributed by atoms with Gasteiger partial charge in [0.25, 0.3) is 0 Å². The predicted octanol–water partition coefficient (Wildman–Crippen LogP) is 2.91. The molecule has 0 bridgehead atoms. The van der Waals surface area contributed by atoms with Crippen molar-refractivity contribution in [1.29, 1.82) is 0 Å². The number of rotatable bonds is 5. The molecule has 0 aliphatic carbocycles. The van der Waals surface area contributed by atoms with Crippen LogP contribution in [-0.4, -0.2) is 67.0 Å². The minimum absolute atomic E-state index is 0.0175. The number of halogens is 1. The Hall–Kier alpha value is -2.49. The number of hydrogen-bond acceptors (Lipinski definition) is 5. The standard InChI is InChI=1S/C25H32FN3O4S/c1-18-8-11-25(20-6-4-3-5-7-20)34(32,33)29(18)15-21-9-10-22(14-24(21)26)27-12-13-28(19(2)31)23(16-27)17-30/h3-7,9-10,14,18,23,25,30H,8,11-13,15-17H2,1-2H3/t18-,23-,25?/m0/s1. The number of anilines is 1. The molecule has 9 heteroatoms. The monoisotopic (exact) mass is 489 g/mol. The van der Waals surface area contributed by atoms with E-state index in [1.807, 2.05) is 42.2 Å². The Labute approximate surface area is 200 Å². The average molecular weight is 490 g/mol. The molecular formula is C25H32FN3O4S. The van der Waals surface area contributed by atoms with Gasteiger partial charge in [-0.1, -0.05) is 36.4 Å². The first kappa shape index (κ1) is 24.6. The minimum atomic E-state index is -3.65. The van der Waals surface area contributed by atoms with Gasteiger partial charge in [0.1, 0.15) is 11.1 Å². The zero-order valence-electron chi connectivity index (χ0n) is 19.6. The zero-order chi connectivity index (χ0) is 24.5. The van der Waals surface area contributed by atoms with E-state index in [4.69, 9.17) is 0 Å².